The van der Waals surface area contributed by atoms with Crippen LogP contribution in [0.5, 0.6) is 0 Å². The molecule has 1 fully saturated rings. The molecule has 0 aliphatic heterocycles. The molecule has 0 N–H and O–H groups in total. The Hall–Kier alpha value is -1.11. The van der Waals surface area contributed by atoms with Gasteiger partial charge in [-0.15, -0.1) is 0 Å². The number of hydrogen-bond acceptors (Lipinski definition) is 1. The van der Waals surface area contributed by atoms with Gasteiger partial charge < -0.3 is 0 Å². The molecule has 0 saturated heterocycles. The van der Waals surface area contributed by atoms with E-state index in [4.69, 9.17) is 0 Å². The predicted molar refractivity (Wildman–Crippen MR) is 71.0 cm³/mol. The van der Waals surface area contributed by atoms with Gasteiger partial charge in [-0.1, -0.05) is 49.6 Å². The van der Waals surface area contributed by atoms with Crippen molar-refractivity contribution >= 4 is 5.78 Å². The summed E-state index contributed by atoms with van der Waals surface area (Å²) in [6.07, 6.45) is 5.36. The van der Waals surface area contributed by atoms with Crippen LogP contribution in [-0.4, -0.2) is 5.78 Å². The second kappa shape index (κ2) is 5.48. The molecular formula is C16H22O. The number of ketones is 1. The van der Waals surface area contributed by atoms with Crippen LogP contribution in [0.25, 0.3) is 0 Å². The van der Waals surface area contributed by atoms with Crippen LogP contribution < -0.4 is 0 Å². The lowest BCUT2D eigenvalue weighted by Crippen LogP contribution is -2.23. The standard InChI is InChI=1S/C16H22O/c1-12-5-3-7-14(9-12)11-16(17)15-8-4-6-13(2)10-15/h3,5,7,9,13,15H,4,6,8,10-11H2,1-2H3. The maximum Gasteiger partial charge on any atom is 0.140 e. The number of Topliss-reactive ketones (excluding diaryl/α,β-unsaturated/α-hetero) is 1. The third kappa shape index (κ3) is 3.42. The van der Waals surface area contributed by atoms with Gasteiger partial charge >= 0.3 is 0 Å². The van der Waals surface area contributed by atoms with Crippen LogP contribution in [0.15, 0.2) is 24.3 Å². The zero-order valence-electron chi connectivity index (χ0n) is 10.9. The number of benzene rings is 1. The summed E-state index contributed by atoms with van der Waals surface area (Å²) in [5.74, 6) is 1.50. The Kier molecular flexibility index (Phi) is 3.98. The van der Waals surface area contributed by atoms with Gasteiger partial charge in [0.1, 0.15) is 5.78 Å². The quantitative estimate of drug-likeness (QED) is 0.769. The maximum absolute atomic E-state index is 12.2. The first-order valence-corrected chi connectivity index (χ1v) is 6.73. The summed E-state index contributed by atoms with van der Waals surface area (Å²) in [4.78, 5) is 12.2. The molecule has 1 heteroatoms. The van der Waals surface area contributed by atoms with Gasteiger partial charge in [-0.3, -0.25) is 4.79 Å². The zero-order chi connectivity index (χ0) is 12.3. The molecule has 1 nitrogen and oxygen atoms in total. The van der Waals surface area contributed by atoms with E-state index in [1.54, 1.807) is 0 Å². The van der Waals surface area contributed by atoms with E-state index < -0.39 is 0 Å². The Bertz CT molecular complexity index is 394. The van der Waals surface area contributed by atoms with Gasteiger partial charge in [-0.2, -0.15) is 0 Å². The molecule has 1 saturated carbocycles. The second-order valence-corrected chi connectivity index (χ2v) is 5.60. The largest absolute Gasteiger partial charge is 0.299 e. The van der Waals surface area contributed by atoms with Gasteiger partial charge in [0, 0.05) is 12.3 Å². The average Bonchev–Trinajstić information content (AvgIpc) is 2.29. The number of carbonyl (C=O) groups excluding carboxylic acids is 1. The molecule has 0 radical (unpaired) electrons. The van der Waals surface area contributed by atoms with Crippen molar-refractivity contribution in [1.29, 1.82) is 0 Å². The first-order valence-electron chi connectivity index (χ1n) is 6.73. The van der Waals surface area contributed by atoms with Gasteiger partial charge in [0.25, 0.3) is 0 Å². The van der Waals surface area contributed by atoms with Crippen LogP contribution >= 0.6 is 0 Å². The topological polar surface area (TPSA) is 17.1 Å². The Morgan fingerprint density at radius 3 is 2.88 bits per heavy atom. The van der Waals surface area contributed by atoms with Crippen LogP contribution in [0.4, 0.5) is 0 Å². The van der Waals surface area contributed by atoms with Gasteiger partial charge in [0.15, 0.2) is 0 Å². The van der Waals surface area contributed by atoms with Gasteiger partial charge in [0.2, 0.25) is 0 Å². The highest BCUT2D eigenvalue weighted by Gasteiger charge is 2.24. The highest BCUT2D eigenvalue weighted by molar-refractivity contribution is 5.83. The fourth-order valence-electron chi connectivity index (χ4n) is 2.89. The summed E-state index contributed by atoms with van der Waals surface area (Å²) in [7, 11) is 0. The summed E-state index contributed by atoms with van der Waals surface area (Å²) < 4.78 is 0. The number of hydrogen-bond donors (Lipinski definition) is 0. The minimum atomic E-state index is 0.319. The molecule has 0 bridgehead atoms. The van der Waals surface area contributed by atoms with E-state index in [-0.39, 0.29) is 0 Å². The van der Waals surface area contributed by atoms with Crippen molar-refractivity contribution < 1.29 is 4.79 Å². The SMILES string of the molecule is Cc1cccc(CC(=O)C2CCCC(C)C2)c1. The minimum absolute atomic E-state index is 0.319. The van der Waals surface area contributed by atoms with E-state index in [2.05, 4.69) is 32.0 Å². The lowest BCUT2D eigenvalue weighted by atomic mass is 9.79. The van der Waals surface area contributed by atoms with Crippen LogP contribution in [0.1, 0.15) is 43.7 Å². The first kappa shape index (κ1) is 12.3. The molecule has 1 aliphatic carbocycles. The summed E-state index contributed by atoms with van der Waals surface area (Å²) in [5, 5.41) is 0. The van der Waals surface area contributed by atoms with Crippen molar-refractivity contribution in [3.05, 3.63) is 35.4 Å². The maximum atomic E-state index is 12.2. The molecule has 2 atom stereocenters. The molecule has 0 spiro atoms. The Balaban J connectivity index is 1.96. The van der Waals surface area contributed by atoms with Gasteiger partial charge in [0.05, 0.1) is 0 Å². The van der Waals surface area contributed by atoms with Crippen molar-refractivity contribution in [2.24, 2.45) is 11.8 Å². The molecule has 1 aromatic carbocycles. The van der Waals surface area contributed by atoms with Crippen molar-refractivity contribution in [2.75, 3.05) is 0 Å². The Morgan fingerprint density at radius 1 is 1.35 bits per heavy atom. The third-order valence-electron chi connectivity index (χ3n) is 3.85. The van der Waals surface area contributed by atoms with Crippen molar-refractivity contribution in [2.45, 2.75) is 46.0 Å². The van der Waals surface area contributed by atoms with E-state index in [1.807, 2.05) is 6.07 Å². The molecule has 92 valence electrons. The highest BCUT2D eigenvalue weighted by Crippen LogP contribution is 2.29. The molecule has 2 unspecified atom stereocenters. The van der Waals surface area contributed by atoms with Crippen LogP contribution in [-0.2, 0) is 11.2 Å². The van der Waals surface area contributed by atoms with Gasteiger partial charge in [-0.25, -0.2) is 0 Å². The third-order valence-corrected chi connectivity index (χ3v) is 3.85. The molecule has 0 amide bonds. The molecule has 1 aliphatic rings. The van der Waals surface area contributed by atoms with Crippen LogP contribution in [0.3, 0.4) is 0 Å². The fraction of sp³-hybridized carbons (Fsp3) is 0.562. The molecule has 0 heterocycles. The molecule has 1 aromatic rings. The number of rotatable bonds is 3. The molecular weight excluding hydrogens is 208 g/mol. The van der Waals surface area contributed by atoms with Crippen molar-refractivity contribution in [3.63, 3.8) is 0 Å². The van der Waals surface area contributed by atoms with E-state index in [0.29, 0.717) is 18.1 Å². The minimum Gasteiger partial charge on any atom is -0.299 e. The normalized spacial score (nSPS) is 24.6. The molecule has 2 rings (SSSR count). The summed E-state index contributed by atoms with van der Waals surface area (Å²) in [6, 6.07) is 8.32. The lowest BCUT2D eigenvalue weighted by molar-refractivity contribution is -0.123. The van der Waals surface area contributed by atoms with Crippen molar-refractivity contribution in [3.8, 4) is 0 Å². The second-order valence-electron chi connectivity index (χ2n) is 5.60. The molecule has 0 aromatic heterocycles. The number of carbonyl (C=O) groups is 1. The van der Waals surface area contributed by atoms with Gasteiger partial charge in [-0.05, 0) is 31.2 Å². The highest BCUT2D eigenvalue weighted by atomic mass is 16.1. The molecule has 17 heavy (non-hydrogen) atoms. The van der Waals surface area contributed by atoms with E-state index in [1.165, 1.54) is 24.0 Å². The Morgan fingerprint density at radius 2 is 2.18 bits per heavy atom. The van der Waals surface area contributed by atoms with Crippen molar-refractivity contribution in [1.82, 2.24) is 0 Å². The van der Waals surface area contributed by atoms with E-state index in [9.17, 15) is 4.79 Å². The summed E-state index contributed by atoms with van der Waals surface area (Å²) in [6.45, 7) is 4.35. The first-order chi connectivity index (χ1) is 8.15. The zero-order valence-corrected chi connectivity index (χ0v) is 10.9. The van der Waals surface area contributed by atoms with E-state index >= 15 is 0 Å². The smallest absolute Gasteiger partial charge is 0.140 e. The predicted octanol–water partition coefficient (Wildman–Crippen LogP) is 3.93. The fourth-order valence-corrected chi connectivity index (χ4v) is 2.89. The summed E-state index contributed by atoms with van der Waals surface area (Å²) >= 11 is 0. The van der Waals surface area contributed by atoms with Crippen LogP contribution in [0, 0.1) is 18.8 Å². The van der Waals surface area contributed by atoms with Crippen LogP contribution in [0.2, 0.25) is 0 Å². The van der Waals surface area contributed by atoms with E-state index in [0.717, 1.165) is 18.8 Å². The lowest BCUT2D eigenvalue weighted by Gasteiger charge is -2.25. The summed E-state index contributed by atoms with van der Waals surface area (Å²) in [5.41, 5.74) is 2.42. The average molecular weight is 230 g/mol. The number of aryl methyl sites for hydroxylation is 1. The Labute approximate surface area is 104 Å². The monoisotopic (exact) mass is 230 g/mol.